The van der Waals surface area contributed by atoms with Crippen LogP contribution in [0.25, 0.3) is 0 Å². The molecule has 17 heavy (non-hydrogen) atoms. The van der Waals surface area contributed by atoms with Gasteiger partial charge in [0.05, 0.1) is 17.6 Å². The van der Waals surface area contributed by atoms with Gasteiger partial charge in [0.1, 0.15) is 5.75 Å². The van der Waals surface area contributed by atoms with Crippen LogP contribution in [0.15, 0.2) is 24.3 Å². The molecule has 0 aromatic heterocycles. The molecule has 1 aromatic rings. The number of nitro groups is 1. The van der Waals surface area contributed by atoms with Gasteiger partial charge in [-0.3, -0.25) is 10.1 Å². The predicted molar refractivity (Wildman–Crippen MR) is 64.2 cm³/mol. The summed E-state index contributed by atoms with van der Waals surface area (Å²) in [5, 5.41) is 13.9. The summed E-state index contributed by atoms with van der Waals surface area (Å²) in [5.74, 6) is 1.08. The van der Waals surface area contributed by atoms with Crippen LogP contribution in [0.2, 0.25) is 0 Å². The highest BCUT2D eigenvalue weighted by Gasteiger charge is 2.14. The number of rotatable bonds is 4. The number of nitrogens with zero attached hydrogens (tertiary/aromatic N) is 1. The van der Waals surface area contributed by atoms with Gasteiger partial charge in [-0.25, -0.2) is 0 Å². The minimum absolute atomic E-state index is 0.0734. The Balaban J connectivity index is 1.89. The summed E-state index contributed by atoms with van der Waals surface area (Å²) in [6.07, 6.45) is 2.32. The first kappa shape index (κ1) is 11.9. The van der Waals surface area contributed by atoms with Gasteiger partial charge in [0.2, 0.25) is 0 Å². The first-order valence-electron chi connectivity index (χ1n) is 5.83. The molecule has 1 aliphatic rings. The molecule has 1 unspecified atom stereocenters. The highest BCUT2D eigenvalue weighted by molar-refractivity contribution is 5.37. The minimum Gasteiger partial charge on any atom is -0.493 e. The smallest absolute Gasteiger partial charge is 0.273 e. The second kappa shape index (κ2) is 5.63. The summed E-state index contributed by atoms with van der Waals surface area (Å²) in [7, 11) is 0. The average Bonchev–Trinajstić information content (AvgIpc) is 2.38. The van der Waals surface area contributed by atoms with Gasteiger partial charge >= 0.3 is 0 Å². The zero-order valence-electron chi connectivity index (χ0n) is 9.59. The van der Waals surface area contributed by atoms with Gasteiger partial charge in [-0.2, -0.15) is 0 Å². The Bertz CT molecular complexity index is 389. The molecule has 1 fully saturated rings. The van der Waals surface area contributed by atoms with Crippen molar-refractivity contribution in [2.24, 2.45) is 5.92 Å². The Hall–Kier alpha value is -1.62. The molecule has 1 saturated heterocycles. The lowest BCUT2D eigenvalue weighted by molar-refractivity contribution is -0.384. The van der Waals surface area contributed by atoms with Crippen LogP contribution in [0.5, 0.6) is 5.75 Å². The Morgan fingerprint density at radius 3 is 3.12 bits per heavy atom. The quantitative estimate of drug-likeness (QED) is 0.641. The first-order chi connectivity index (χ1) is 8.25. The van der Waals surface area contributed by atoms with Crippen molar-refractivity contribution in [2.45, 2.75) is 12.8 Å². The molecule has 2 rings (SSSR count). The van der Waals surface area contributed by atoms with Gasteiger partial charge in [0.25, 0.3) is 5.69 Å². The largest absolute Gasteiger partial charge is 0.493 e. The van der Waals surface area contributed by atoms with Crippen LogP contribution >= 0.6 is 0 Å². The molecule has 1 aliphatic heterocycles. The van der Waals surface area contributed by atoms with E-state index >= 15 is 0 Å². The van der Waals surface area contributed by atoms with Crippen LogP contribution in [-0.4, -0.2) is 24.6 Å². The van der Waals surface area contributed by atoms with Crippen LogP contribution in [0.3, 0.4) is 0 Å². The monoisotopic (exact) mass is 236 g/mol. The van der Waals surface area contributed by atoms with Crippen molar-refractivity contribution < 1.29 is 9.66 Å². The Kier molecular flexibility index (Phi) is 3.93. The van der Waals surface area contributed by atoms with Crippen molar-refractivity contribution in [3.63, 3.8) is 0 Å². The van der Waals surface area contributed by atoms with Crippen LogP contribution in [0.4, 0.5) is 5.69 Å². The van der Waals surface area contributed by atoms with Crippen LogP contribution in [-0.2, 0) is 0 Å². The fourth-order valence-electron chi connectivity index (χ4n) is 1.97. The molecule has 5 heteroatoms. The van der Waals surface area contributed by atoms with Gasteiger partial charge in [-0.1, -0.05) is 6.07 Å². The summed E-state index contributed by atoms with van der Waals surface area (Å²) in [5.41, 5.74) is 0.0734. The van der Waals surface area contributed by atoms with Gasteiger partial charge in [-0.05, 0) is 25.5 Å². The van der Waals surface area contributed by atoms with E-state index in [2.05, 4.69) is 5.32 Å². The number of ether oxygens (including phenoxy) is 1. The second-order valence-electron chi connectivity index (χ2n) is 4.28. The zero-order valence-corrected chi connectivity index (χ0v) is 9.59. The van der Waals surface area contributed by atoms with Crippen molar-refractivity contribution in [1.29, 1.82) is 0 Å². The molecular weight excluding hydrogens is 220 g/mol. The number of non-ortho nitro benzene ring substituents is 1. The number of nitrogens with one attached hydrogen (secondary N) is 1. The van der Waals surface area contributed by atoms with Crippen molar-refractivity contribution in [1.82, 2.24) is 5.32 Å². The van der Waals surface area contributed by atoms with E-state index in [1.807, 2.05) is 0 Å². The van der Waals surface area contributed by atoms with E-state index in [0.717, 1.165) is 19.5 Å². The summed E-state index contributed by atoms with van der Waals surface area (Å²) in [4.78, 5) is 10.2. The fourth-order valence-corrected chi connectivity index (χ4v) is 1.97. The summed E-state index contributed by atoms with van der Waals surface area (Å²) < 4.78 is 5.59. The lowest BCUT2D eigenvalue weighted by Gasteiger charge is -2.22. The lowest BCUT2D eigenvalue weighted by Crippen LogP contribution is -2.33. The number of piperidine rings is 1. The molecule has 5 nitrogen and oxygen atoms in total. The molecule has 0 aliphatic carbocycles. The molecule has 92 valence electrons. The minimum atomic E-state index is -0.408. The second-order valence-corrected chi connectivity index (χ2v) is 4.28. The number of nitro benzene ring substituents is 1. The third-order valence-electron chi connectivity index (χ3n) is 2.91. The highest BCUT2D eigenvalue weighted by Crippen LogP contribution is 2.20. The van der Waals surface area contributed by atoms with Crippen LogP contribution in [0, 0.1) is 16.0 Å². The Morgan fingerprint density at radius 1 is 1.53 bits per heavy atom. The molecule has 0 bridgehead atoms. The third-order valence-corrected chi connectivity index (χ3v) is 2.91. The number of hydrogen-bond acceptors (Lipinski definition) is 4. The van der Waals surface area contributed by atoms with Crippen molar-refractivity contribution in [3.05, 3.63) is 34.4 Å². The van der Waals surface area contributed by atoms with Gasteiger partial charge in [-0.15, -0.1) is 0 Å². The molecule has 0 saturated carbocycles. The SMILES string of the molecule is O=[N+]([O-])c1cccc(OCC2CCCNC2)c1. The topological polar surface area (TPSA) is 64.4 Å². The van der Waals surface area contributed by atoms with E-state index in [0.29, 0.717) is 18.3 Å². The van der Waals surface area contributed by atoms with Crippen LogP contribution in [0.1, 0.15) is 12.8 Å². The van der Waals surface area contributed by atoms with E-state index in [9.17, 15) is 10.1 Å². The normalized spacial score (nSPS) is 19.9. The molecule has 1 heterocycles. The molecule has 1 aromatic carbocycles. The van der Waals surface area contributed by atoms with E-state index in [1.54, 1.807) is 12.1 Å². The average molecular weight is 236 g/mol. The lowest BCUT2D eigenvalue weighted by atomic mass is 10.0. The molecular formula is C12H16N2O3. The Labute approximate surface area is 99.9 Å². The van der Waals surface area contributed by atoms with Crippen molar-refractivity contribution in [2.75, 3.05) is 19.7 Å². The highest BCUT2D eigenvalue weighted by atomic mass is 16.6. The van der Waals surface area contributed by atoms with Gasteiger partial charge < -0.3 is 10.1 Å². The molecule has 0 amide bonds. The van der Waals surface area contributed by atoms with Gasteiger partial charge in [0.15, 0.2) is 0 Å². The van der Waals surface area contributed by atoms with E-state index in [1.165, 1.54) is 18.6 Å². The Morgan fingerprint density at radius 2 is 2.41 bits per heavy atom. The van der Waals surface area contributed by atoms with Crippen molar-refractivity contribution >= 4 is 5.69 Å². The van der Waals surface area contributed by atoms with E-state index in [-0.39, 0.29) is 5.69 Å². The zero-order chi connectivity index (χ0) is 12.1. The summed E-state index contributed by atoms with van der Waals surface area (Å²) >= 11 is 0. The maximum Gasteiger partial charge on any atom is 0.273 e. The summed E-state index contributed by atoms with van der Waals surface area (Å²) in [6.45, 7) is 2.66. The van der Waals surface area contributed by atoms with E-state index in [4.69, 9.17) is 4.74 Å². The number of hydrogen-bond donors (Lipinski definition) is 1. The molecule has 0 radical (unpaired) electrons. The van der Waals surface area contributed by atoms with Gasteiger partial charge in [0, 0.05) is 18.5 Å². The first-order valence-corrected chi connectivity index (χ1v) is 5.83. The maximum atomic E-state index is 10.6. The maximum absolute atomic E-state index is 10.6. The number of benzene rings is 1. The van der Waals surface area contributed by atoms with E-state index < -0.39 is 4.92 Å². The fraction of sp³-hybridized carbons (Fsp3) is 0.500. The molecule has 1 N–H and O–H groups in total. The predicted octanol–water partition coefficient (Wildman–Crippen LogP) is 1.97. The third kappa shape index (κ3) is 3.42. The molecule has 1 atom stereocenters. The van der Waals surface area contributed by atoms with Crippen molar-refractivity contribution in [3.8, 4) is 5.75 Å². The summed E-state index contributed by atoms with van der Waals surface area (Å²) in [6, 6.07) is 6.33. The standard InChI is InChI=1S/C12H16N2O3/c15-14(16)11-4-1-5-12(7-11)17-9-10-3-2-6-13-8-10/h1,4-5,7,10,13H,2-3,6,8-9H2. The van der Waals surface area contributed by atoms with Crippen LogP contribution < -0.4 is 10.1 Å². The molecule has 0 spiro atoms.